The minimum absolute atomic E-state index is 0.158. The second-order valence-corrected chi connectivity index (χ2v) is 10.7. The van der Waals surface area contributed by atoms with Crippen molar-refractivity contribution in [1.29, 1.82) is 0 Å². The predicted octanol–water partition coefficient (Wildman–Crippen LogP) is 6.17. The first kappa shape index (κ1) is 28.5. The monoisotopic (exact) mass is 564 g/mol. The number of hydrogen-bond donors (Lipinski definition) is 1. The van der Waals surface area contributed by atoms with Gasteiger partial charge in [-0.25, -0.2) is 0 Å². The van der Waals surface area contributed by atoms with Crippen molar-refractivity contribution in [2.75, 3.05) is 13.2 Å². The Morgan fingerprint density at radius 3 is 2.16 bits per heavy atom. The Morgan fingerprint density at radius 1 is 0.919 bits per heavy atom. The van der Waals surface area contributed by atoms with Crippen molar-refractivity contribution in [2.24, 2.45) is 5.92 Å². The minimum atomic E-state index is -0.676. The number of halogens is 1. The van der Waals surface area contributed by atoms with Gasteiger partial charge in [0.1, 0.15) is 11.8 Å². The molecule has 37 heavy (non-hydrogen) atoms. The number of hydrogen-bond acceptors (Lipinski definition) is 3. The summed E-state index contributed by atoms with van der Waals surface area (Å²) in [5.41, 5.74) is 5.14. The van der Waals surface area contributed by atoms with Gasteiger partial charge >= 0.3 is 0 Å². The van der Waals surface area contributed by atoms with E-state index in [2.05, 4.69) is 35.1 Å². The smallest absolute Gasteiger partial charge is 0.261 e. The summed E-state index contributed by atoms with van der Waals surface area (Å²) < 4.78 is 6.99. The Balaban J connectivity index is 1.92. The highest BCUT2D eigenvalue weighted by atomic mass is 79.9. The summed E-state index contributed by atoms with van der Waals surface area (Å²) in [5, 5.41) is 3.05. The third kappa shape index (κ3) is 8.19. The molecule has 0 fully saturated rings. The van der Waals surface area contributed by atoms with Crippen molar-refractivity contribution >= 4 is 27.7 Å². The fourth-order valence-corrected chi connectivity index (χ4v) is 4.39. The molecule has 196 valence electrons. The summed E-state index contributed by atoms with van der Waals surface area (Å²) in [5.74, 6) is 0.539. The fraction of sp³-hybridized carbons (Fsp3) is 0.355. The zero-order chi connectivity index (χ0) is 26.9. The van der Waals surface area contributed by atoms with Crippen LogP contribution in [0.25, 0.3) is 0 Å². The maximum Gasteiger partial charge on any atom is 0.261 e. The minimum Gasteiger partial charge on any atom is -0.484 e. The molecule has 2 amide bonds. The Bertz CT molecular complexity index is 1190. The van der Waals surface area contributed by atoms with Gasteiger partial charge in [0.2, 0.25) is 5.91 Å². The summed E-state index contributed by atoms with van der Waals surface area (Å²) in [6.07, 6.45) is 0.416. The van der Waals surface area contributed by atoms with Crippen molar-refractivity contribution in [3.8, 4) is 5.75 Å². The van der Waals surface area contributed by atoms with E-state index in [1.165, 1.54) is 0 Å². The number of amides is 2. The maximum atomic E-state index is 13.8. The van der Waals surface area contributed by atoms with Crippen LogP contribution in [0.15, 0.2) is 71.2 Å². The van der Waals surface area contributed by atoms with E-state index in [4.69, 9.17) is 4.74 Å². The SMILES string of the molecule is Cc1ccccc1CN(C(=O)COc1cc(C)c(Br)c(C)c1)[C@H](Cc1ccccc1)C(=O)NCC(C)C. The lowest BCUT2D eigenvalue weighted by Crippen LogP contribution is -2.52. The average Bonchev–Trinajstić information content (AvgIpc) is 2.88. The zero-order valence-corrected chi connectivity index (χ0v) is 24.0. The first-order valence-corrected chi connectivity index (χ1v) is 13.5. The van der Waals surface area contributed by atoms with E-state index in [-0.39, 0.29) is 18.4 Å². The van der Waals surface area contributed by atoms with Crippen LogP contribution in [0.2, 0.25) is 0 Å². The number of nitrogens with zero attached hydrogens (tertiary/aromatic N) is 1. The van der Waals surface area contributed by atoms with E-state index >= 15 is 0 Å². The number of aryl methyl sites for hydroxylation is 3. The lowest BCUT2D eigenvalue weighted by atomic mass is 10.0. The van der Waals surface area contributed by atoms with Gasteiger partial charge in [0.05, 0.1) is 0 Å². The molecular weight excluding hydrogens is 528 g/mol. The van der Waals surface area contributed by atoms with Gasteiger partial charge in [0, 0.05) is 24.0 Å². The molecule has 0 aliphatic heterocycles. The molecule has 0 aromatic heterocycles. The number of carbonyl (C=O) groups excluding carboxylic acids is 2. The van der Waals surface area contributed by atoms with E-state index in [9.17, 15) is 9.59 Å². The molecule has 3 aromatic rings. The van der Waals surface area contributed by atoms with Crippen LogP contribution in [0.3, 0.4) is 0 Å². The summed E-state index contributed by atoms with van der Waals surface area (Å²) in [6.45, 7) is 10.8. The van der Waals surface area contributed by atoms with Gasteiger partial charge in [-0.05, 0) is 66.6 Å². The molecule has 0 saturated heterocycles. The lowest BCUT2D eigenvalue weighted by Gasteiger charge is -2.32. The first-order valence-electron chi connectivity index (χ1n) is 12.7. The highest BCUT2D eigenvalue weighted by Crippen LogP contribution is 2.26. The van der Waals surface area contributed by atoms with E-state index in [1.54, 1.807) is 4.90 Å². The number of nitrogens with one attached hydrogen (secondary N) is 1. The summed E-state index contributed by atoms with van der Waals surface area (Å²) >= 11 is 3.58. The van der Waals surface area contributed by atoms with Crippen LogP contribution in [-0.2, 0) is 22.6 Å². The van der Waals surface area contributed by atoms with Crippen molar-refractivity contribution in [2.45, 2.75) is 53.6 Å². The fourth-order valence-electron chi connectivity index (χ4n) is 4.16. The largest absolute Gasteiger partial charge is 0.484 e. The first-order chi connectivity index (χ1) is 17.7. The second-order valence-electron chi connectivity index (χ2n) is 9.95. The molecule has 1 N–H and O–H groups in total. The molecule has 3 rings (SSSR count). The van der Waals surface area contributed by atoms with Crippen molar-refractivity contribution in [3.05, 3.63) is 99.0 Å². The molecule has 0 unspecified atom stereocenters. The summed E-state index contributed by atoms with van der Waals surface area (Å²) in [4.78, 5) is 28.9. The quantitative estimate of drug-likeness (QED) is 0.303. The van der Waals surface area contributed by atoms with Crippen LogP contribution in [0.4, 0.5) is 0 Å². The van der Waals surface area contributed by atoms with Crippen molar-refractivity contribution < 1.29 is 14.3 Å². The highest BCUT2D eigenvalue weighted by Gasteiger charge is 2.31. The molecular formula is C31H37BrN2O3. The third-order valence-corrected chi connectivity index (χ3v) is 7.58. The number of ether oxygens (including phenoxy) is 1. The number of rotatable bonds is 11. The van der Waals surface area contributed by atoms with Gasteiger partial charge in [0.15, 0.2) is 6.61 Å². The number of benzene rings is 3. The van der Waals surface area contributed by atoms with Gasteiger partial charge in [-0.15, -0.1) is 0 Å². The number of carbonyl (C=O) groups is 2. The van der Waals surface area contributed by atoms with Crippen LogP contribution in [0.1, 0.15) is 41.7 Å². The van der Waals surface area contributed by atoms with Crippen LogP contribution in [0.5, 0.6) is 5.75 Å². The summed E-state index contributed by atoms with van der Waals surface area (Å²) in [7, 11) is 0. The van der Waals surface area contributed by atoms with Crippen molar-refractivity contribution in [1.82, 2.24) is 10.2 Å². The molecule has 3 aromatic carbocycles. The predicted molar refractivity (Wildman–Crippen MR) is 153 cm³/mol. The topological polar surface area (TPSA) is 58.6 Å². The molecule has 0 spiro atoms. The molecule has 0 aliphatic carbocycles. The Labute approximate surface area is 229 Å². The average molecular weight is 566 g/mol. The highest BCUT2D eigenvalue weighted by molar-refractivity contribution is 9.10. The molecule has 6 heteroatoms. The Morgan fingerprint density at radius 2 is 1.54 bits per heavy atom. The van der Waals surface area contributed by atoms with Gasteiger partial charge in [-0.1, -0.05) is 84.4 Å². The molecule has 0 heterocycles. The van der Waals surface area contributed by atoms with Crippen LogP contribution in [0, 0.1) is 26.7 Å². The zero-order valence-electron chi connectivity index (χ0n) is 22.4. The van der Waals surface area contributed by atoms with Crippen LogP contribution < -0.4 is 10.1 Å². The van der Waals surface area contributed by atoms with Gasteiger partial charge in [-0.3, -0.25) is 9.59 Å². The lowest BCUT2D eigenvalue weighted by molar-refractivity contribution is -0.142. The van der Waals surface area contributed by atoms with Crippen LogP contribution >= 0.6 is 15.9 Å². The molecule has 5 nitrogen and oxygen atoms in total. The van der Waals surface area contributed by atoms with E-state index in [0.29, 0.717) is 31.2 Å². The molecule has 0 saturated carbocycles. The maximum absolute atomic E-state index is 13.8. The van der Waals surface area contributed by atoms with E-state index in [1.807, 2.05) is 87.5 Å². The Kier molecular flexibility index (Phi) is 10.3. The normalized spacial score (nSPS) is 11.8. The summed E-state index contributed by atoms with van der Waals surface area (Å²) in [6, 6.07) is 20.9. The Hall–Kier alpha value is -3.12. The van der Waals surface area contributed by atoms with Gasteiger partial charge in [0.25, 0.3) is 5.91 Å². The molecule has 1 atom stereocenters. The van der Waals surface area contributed by atoms with Crippen molar-refractivity contribution in [3.63, 3.8) is 0 Å². The van der Waals surface area contributed by atoms with Crippen LogP contribution in [-0.4, -0.2) is 35.9 Å². The van der Waals surface area contributed by atoms with E-state index < -0.39 is 6.04 Å². The molecule has 0 aliphatic rings. The standard InChI is InChI=1S/C31H37BrN2O3/c1-21(2)18-33-31(36)28(17-25-12-7-6-8-13-25)34(19-26-14-10-9-11-22(26)3)29(35)20-37-27-15-23(4)30(32)24(5)16-27/h6-16,21,28H,17-20H2,1-5H3,(H,33,36)/t28-/m1/s1. The molecule has 0 radical (unpaired) electrons. The second kappa shape index (κ2) is 13.4. The third-order valence-electron chi connectivity index (χ3n) is 6.33. The molecule has 0 bridgehead atoms. The van der Waals surface area contributed by atoms with E-state index in [0.717, 1.165) is 32.3 Å². The van der Waals surface area contributed by atoms with Gasteiger partial charge < -0.3 is 15.0 Å². The van der Waals surface area contributed by atoms with Gasteiger partial charge in [-0.2, -0.15) is 0 Å².